The highest BCUT2D eigenvalue weighted by atomic mass is 35.5. The molecule has 1 N–H and O–H groups in total. The summed E-state index contributed by atoms with van der Waals surface area (Å²) in [5.41, 5.74) is 3.87. The Morgan fingerprint density at radius 1 is 1.19 bits per heavy atom. The Bertz CT molecular complexity index is 749. The van der Waals surface area contributed by atoms with E-state index in [2.05, 4.69) is 9.88 Å². The third kappa shape index (κ3) is 3.89. The quantitative estimate of drug-likeness (QED) is 0.888. The molecule has 0 atom stereocenters. The van der Waals surface area contributed by atoms with Gasteiger partial charge in [-0.3, -0.25) is 4.79 Å². The molecular formula is C20H28ClN3O2. The molecule has 1 fully saturated rings. The van der Waals surface area contributed by atoms with E-state index in [-0.39, 0.29) is 18.3 Å². The van der Waals surface area contributed by atoms with Gasteiger partial charge in [-0.25, -0.2) is 0 Å². The van der Waals surface area contributed by atoms with Crippen LogP contribution in [0.2, 0.25) is 0 Å². The van der Waals surface area contributed by atoms with Crippen LogP contribution in [-0.2, 0) is 0 Å². The summed E-state index contributed by atoms with van der Waals surface area (Å²) in [6.07, 6.45) is 2.03. The maximum Gasteiger partial charge on any atom is 0.255 e. The zero-order valence-corrected chi connectivity index (χ0v) is 16.7. The van der Waals surface area contributed by atoms with Crippen molar-refractivity contribution >= 4 is 18.3 Å². The lowest BCUT2D eigenvalue weighted by atomic mass is 10.0. The fraction of sp³-hybridized carbons (Fsp3) is 0.450. The molecule has 1 aliphatic heterocycles. The Morgan fingerprint density at radius 2 is 1.81 bits per heavy atom. The van der Waals surface area contributed by atoms with Gasteiger partial charge in [-0.05, 0) is 70.1 Å². The van der Waals surface area contributed by atoms with E-state index in [1.807, 2.05) is 56.1 Å². The molecule has 2 aromatic rings. The van der Waals surface area contributed by atoms with E-state index in [0.29, 0.717) is 6.04 Å². The number of carbonyl (C=O) groups excluding carboxylic acids is 1. The highest BCUT2D eigenvalue weighted by Gasteiger charge is 2.25. The maximum absolute atomic E-state index is 13.0. The molecule has 0 aliphatic carbocycles. The lowest BCUT2D eigenvalue weighted by molar-refractivity contribution is 0.0702. The number of piperidine rings is 1. The topological polar surface area (TPSA) is 46.5 Å². The van der Waals surface area contributed by atoms with Gasteiger partial charge in [0.05, 0.1) is 12.7 Å². The van der Waals surface area contributed by atoms with Crippen LogP contribution in [0.3, 0.4) is 0 Å². The van der Waals surface area contributed by atoms with Gasteiger partial charge in [0, 0.05) is 30.2 Å². The molecule has 1 aromatic heterocycles. The molecule has 0 bridgehead atoms. The third-order valence-electron chi connectivity index (χ3n) is 5.17. The Hall–Kier alpha value is -1.98. The fourth-order valence-corrected chi connectivity index (χ4v) is 3.66. The molecule has 26 heavy (non-hydrogen) atoms. The molecule has 1 amide bonds. The Labute approximate surface area is 161 Å². The van der Waals surface area contributed by atoms with Crippen LogP contribution in [0.4, 0.5) is 0 Å². The highest BCUT2D eigenvalue weighted by molar-refractivity contribution is 5.96. The molecule has 3 rings (SSSR count). The number of aryl methyl sites for hydroxylation is 1. The molecule has 0 radical (unpaired) electrons. The normalized spacial score (nSPS) is 14.6. The predicted molar refractivity (Wildman–Crippen MR) is 107 cm³/mol. The molecule has 0 spiro atoms. The van der Waals surface area contributed by atoms with Gasteiger partial charge in [0.25, 0.3) is 5.91 Å². The maximum atomic E-state index is 13.0. The van der Waals surface area contributed by atoms with Gasteiger partial charge in [-0.15, -0.1) is 12.4 Å². The van der Waals surface area contributed by atoms with Crippen molar-refractivity contribution in [2.24, 2.45) is 0 Å². The number of amides is 1. The van der Waals surface area contributed by atoms with E-state index in [1.165, 1.54) is 0 Å². The van der Waals surface area contributed by atoms with Crippen molar-refractivity contribution in [3.63, 3.8) is 0 Å². The molecule has 1 aromatic carbocycles. The first-order valence-electron chi connectivity index (χ1n) is 8.84. The van der Waals surface area contributed by atoms with Crippen molar-refractivity contribution in [2.75, 3.05) is 27.2 Å². The largest absolute Gasteiger partial charge is 0.497 e. The minimum absolute atomic E-state index is 0. The Morgan fingerprint density at radius 3 is 2.38 bits per heavy atom. The molecule has 142 valence electrons. The number of aromatic nitrogens is 1. The summed E-state index contributed by atoms with van der Waals surface area (Å²) in [5.74, 6) is 0.938. The number of benzene rings is 1. The molecule has 0 saturated carbocycles. The standard InChI is InChI=1S/C20H27N3O2.ClH/c1-14-13-19(20(24)22(3)16-9-11-21-12-10-16)15(2)23(14)17-5-7-18(25-4)8-6-17;/h5-8,13,16,21H,9-12H2,1-4H3;1H. The van der Waals surface area contributed by atoms with Gasteiger partial charge in [0.15, 0.2) is 0 Å². The summed E-state index contributed by atoms with van der Waals surface area (Å²) >= 11 is 0. The van der Waals surface area contributed by atoms with E-state index in [1.54, 1.807) is 7.11 Å². The Balaban J connectivity index is 0.00000243. The second-order valence-corrected chi connectivity index (χ2v) is 6.72. The molecule has 0 unspecified atom stereocenters. The minimum atomic E-state index is 0. The number of hydrogen-bond acceptors (Lipinski definition) is 3. The van der Waals surface area contributed by atoms with Gasteiger partial charge in [-0.2, -0.15) is 0 Å². The van der Waals surface area contributed by atoms with Crippen LogP contribution in [0.15, 0.2) is 30.3 Å². The van der Waals surface area contributed by atoms with Crippen molar-refractivity contribution in [1.82, 2.24) is 14.8 Å². The lowest BCUT2D eigenvalue weighted by Gasteiger charge is -2.31. The fourth-order valence-electron chi connectivity index (χ4n) is 3.66. The first-order valence-corrected chi connectivity index (χ1v) is 8.84. The molecule has 5 nitrogen and oxygen atoms in total. The van der Waals surface area contributed by atoms with Crippen LogP contribution >= 0.6 is 12.4 Å². The van der Waals surface area contributed by atoms with Crippen molar-refractivity contribution < 1.29 is 9.53 Å². The number of methoxy groups -OCH3 is 1. The summed E-state index contributed by atoms with van der Waals surface area (Å²) in [4.78, 5) is 15.0. The summed E-state index contributed by atoms with van der Waals surface area (Å²) in [5, 5.41) is 3.35. The molecule has 1 aliphatic rings. The number of nitrogens with one attached hydrogen (secondary N) is 1. The third-order valence-corrected chi connectivity index (χ3v) is 5.17. The van der Waals surface area contributed by atoms with E-state index < -0.39 is 0 Å². The number of halogens is 1. The van der Waals surface area contributed by atoms with Crippen LogP contribution in [0.5, 0.6) is 5.75 Å². The van der Waals surface area contributed by atoms with Crippen LogP contribution in [0.25, 0.3) is 5.69 Å². The number of ether oxygens (including phenoxy) is 1. The number of hydrogen-bond donors (Lipinski definition) is 1. The molecular weight excluding hydrogens is 350 g/mol. The van der Waals surface area contributed by atoms with Crippen molar-refractivity contribution in [3.05, 3.63) is 47.3 Å². The summed E-state index contributed by atoms with van der Waals surface area (Å²) in [7, 11) is 3.59. The van der Waals surface area contributed by atoms with Gasteiger partial charge in [0.1, 0.15) is 5.75 Å². The van der Waals surface area contributed by atoms with Crippen molar-refractivity contribution in [3.8, 4) is 11.4 Å². The van der Waals surface area contributed by atoms with Crippen molar-refractivity contribution in [1.29, 1.82) is 0 Å². The summed E-state index contributed by atoms with van der Waals surface area (Å²) in [6.45, 7) is 6.01. The van der Waals surface area contributed by atoms with Gasteiger partial charge in [0.2, 0.25) is 0 Å². The minimum Gasteiger partial charge on any atom is -0.497 e. The molecule has 1 saturated heterocycles. The average molecular weight is 378 g/mol. The van der Waals surface area contributed by atoms with Gasteiger partial charge in [-0.1, -0.05) is 0 Å². The van der Waals surface area contributed by atoms with E-state index in [9.17, 15) is 4.79 Å². The average Bonchev–Trinajstić information content (AvgIpc) is 2.95. The second-order valence-electron chi connectivity index (χ2n) is 6.72. The smallest absolute Gasteiger partial charge is 0.255 e. The SMILES string of the molecule is COc1ccc(-n2c(C)cc(C(=O)N(C)C3CCNCC3)c2C)cc1.Cl. The monoisotopic (exact) mass is 377 g/mol. The van der Waals surface area contributed by atoms with Crippen LogP contribution in [0, 0.1) is 13.8 Å². The zero-order chi connectivity index (χ0) is 18.0. The molecule has 6 heteroatoms. The van der Waals surface area contributed by atoms with Crippen LogP contribution in [0.1, 0.15) is 34.6 Å². The zero-order valence-electron chi connectivity index (χ0n) is 15.9. The summed E-state index contributed by atoms with van der Waals surface area (Å²) < 4.78 is 7.36. The predicted octanol–water partition coefficient (Wildman–Crippen LogP) is 3.35. The molecule has 2 heterocycles. The number of rotatable bonds is 4. The van der Waals surface area contributed by atoms with E-state index in [0.717, 1.165) is 54.3 Å². The Kier molecular flexibility index (Phi) is 6.73. The number of carbonyl (C=O) groups is 1. The van der Waals surface area contributed by atoms with Crippen molar-refractivity contribution in [2.45, 2.75) is 32.7 Å². The highest BCUT2D eigenvalue weighted by Crippen LogP contribution is 2.24. The first-order chi connectivity index (χ1) is 12.0. The van der Waals surface area contributed by atoms with Crippen LogP contribution in [-0.4, -0.2) is 48.7 Å². The first kappa shape index (κ1) is 20.3. The van der Waals surface area contributed by atoms with Crippen LogP contribution < -0.4 is 10.1 Å². The van der Waals surface area contributed by atoms with Gasteiger partial charge < -0.3 is 19.5 Å². The second kappa shape index (κ2) is 8.60. The lowest BCUT2D eigenvalue weighted by Crippen LogP contribution is -2.44. The van der Waals surface area contributed by atoms with E-state index >= 15 is 0 Å². The summed E-state index contributed by atoms with van der Waals surface area (Å²) in [6, 6.07) is 10.2. The number of nitrogens with zero attached hydrogens (tertiary/aromatic N) is 2. The van der Waals surface area contributed by atoms with Gasteiger partial charge >= 0.3 is 0 Å². The van der Waals surface area contributed by atoms with E-state index in [4.69, 9.17) is 4.74 Å².